The molecule has 11 heteroatoms. The molecule has 2 heterocycles. The lowest BCUT2D eigenvalue weighted by molar-refractivity contribution is -0.144. The van der Waals surface area contributed by atoms with Gasteiger partial charge >= 0.3 is 0 Å². The van der Waals surface area contributed by atoms with Crippen molar-refractivity contribution in [1.29, 1.82) is 0 Å². The predicted molar refractivity (Wildman–Crippen MR) is 168 cm³/mol. The third-order valence-electron chi connectivity index (χ3n) is 7.59. The van der Waals surface area contributed by atoms with Crippen molar-refractivity contribution in [3.05, 3.63) is 41.0 Å². The Morgan fingerprint density at radius 1 is 1.05 bits per heavy atom. The lowest BCUT2D eigenvalue weighted by Crippen LogP contribution is -2.57. The number of rotatable bonds is 14. The summed E-state index contributed by atoms with van der Waals surface area (Å²) < 4.78 is 0. The van der Waals surface area contributed by atoms with Crippen LogP contribution in [0.5, 0.6) is 0 Å². The smallest absolute Gasteiger partial charge is 0.246 e. The summed E-state index contributed by atoms with van der Waals surface area (Å²) in [5.74, 6) is -0.902. The first-order valence-electron chi connectivity index (χ1n) is 15.2. The molecule has 1 aliphatic rings. The molecular weight excluding hydrogens is 566 g/mol. The molecule has 0 saturated carbocycles. The molecule has 0 aliphatic carbocycles. The summed E-state index contributed by atoms with van der Waals surface area (Å²) in [6, 6.07) is 6.23. The molecule has 3 rings (SSSR count). The first-order chi connectivity index (χ1) is 20.4. The SMILES string of the molecule is CCCC(=O)NCCCCCC(=O)NC(C(=O)N1CC(O)CC1C(=O)NCc1ccc(-c2scnc2C)cc1)C(C)(C)C. The second-order valence-corrected chi connectivity index (χ2v) is 13.2. The van der Waals surface area contributed by atoms with Crippen LogP contribution in [0.15, 0.2) is 29.8 Å². The Morgan fingerprint density at radius 2 is 1.77 bits per heavy atom. The van der Waals surface area contributed by atoms with Crippen LogP contribution in [0.3, 0.4) is 0 Å². The van der Waals surface area contributed by atoms with E-state index in [-0.39, 0.29) is 49.6 Å². The number of unbranched alkanes of at least 4 members (excludes halogenated alkanes) is 2. The van der Waals surface area contributed by atoms with E-state index in [1.165, 1.54) is 4.90 Å². The van der Waals surface area contributed by atoms with Crippen molar-refractivity contribution in [2.75, 3.05) is 13.1 Å². The maximum absolute atomic E-state index is 13.7. The largest absolute Gasteiger partial charge is 0.391 e. The topological polar surface area (TPSA) is 141 Å². The first-order valence-corrected chi connectivity index (χ1v) is 16.1. The molecule has 236 valence electrons. The minimum atomic E-state index is -0.850. The van der Waals surface area contributed by atoms with Crippen LogP contribution in [0.25, 0.3) is 10.4 Å². The van der Waals surface area contributed by atoms with Gasteiger partial charge in [-0.2, -0.15) is 0 Å². The Bertz CT molecular complexity index is 1240. The van der Waals surface area contributed by atoms with Gasteiger partial charge in [0.2, 0.25) is 23.6 Å². The minimum absolute atomic E-state index is 0.0337. The highest BCUT2D eigenvalue weighted by Gasteiger charge is 2.44. The van der Waals surface area contributed by atoms with Crippen LogP contribution in [-0.2, 0) is 25.7 Å². The number of aromatic nitrogens is 1. The number of amides is 4. The highest BCUT2D eigenvalue weighted by Crippen LogP contribution is 2.28. The van der Waals surface area contributed by atoms with Crippen molar-refractivity contribution in [2.24, 2.45) is 5.41 Å². The minimum Gasteiger partial charge on any atom is -0.391 e. The number of carbonyl (C=O) groups excluding carboxylic acids is 4. The van der Waals surface area contributed by atoms with Gasteiger partial charge < -0.3 is 26.0 Å². The lowest BCUT2D eigenvalue weighted by Gasteiger charge is -2.35. The Labute approximate surface area is 259 Å². The number of β-amino-alcohol motifs (C(OH)–C–C–N with tert-alkyl or cyclic N) is 1. The number of likely N-dealkylation sites (tertiary alicyclic amines) is 1. The van der Waals surface area contributed by atoms with E-state index in [4.69, 9.17) is 0 Å². The second kappa shape index (κ2) is 16.0. The van der Waals surface area contributed by atoms with Crippen molar-refractivity contribution in [2.45, 2.75) is 104 Å². The average Bonchev–Trinajstić information content (AvgIpc) is 3.57. The second-order valence-electron chi connectivity index (χ2n) is 12.4. The van der Waals surface area contributed by atoms with Crippen molar-refractivity contribution in [3.8, 4) is 10.4 Å². The Balaban J connectivity index is 1.54. The molecule has 0 radical (unpaired) electrons. The molecule has 0 spiro atoms. The zero-order valence-electron chi connectivity index (χ0n) is 26.1. The number of aryl methyl sites for hydroxylation is 1. The van der Waals surface area contributed by atoms with E-state index in [9.17, 15) is 24.3 Å². The predicted octanol–water partition coefficient (Wildman–Crippen LogP) is 3.70. The molecular formula is C32H47N5O5S. The van der Waals surface area contributed by atoms with Gasteiger partial charge in [-0.15, -0.1) is 11.3 Å². The van der Waals surface area contributed by atoms with Gasteiger partial charge in [-0.3, -0.25) is 19.2 Å². The molecule has 3 unspecified atom stereocenters. The van der Waals surface area contributed by atoms with E-state index in [0.717, 1.165) is 41.0 Å². The fourth-order valence-corrected chi connectivity index (χ4v) is 5.96. The molecule has 2 aromatic rings. The van der Waals surface area contributed by atoms with E-state index < -0.39 is 23.6 Å². The number of carbonyl (C=O) groups is 4. The summed E-state index contributed by atoms with van der Waals surface area (Å²) in [6.45, 7) is 10.4. The fraction of sp³-hybridized carbons (Fsp3) is 0.594. The Hall–Kier alpha value is -3.31. The van der Waals surface area contributed by atoms with Gasteiger partial charge in [0.15, 0.2) is 0 Å². The Morgan fingerprint density at radius 3 is 2.40 bits per heavy atom. The molecule has 4 N–H and O–H groups in total. The number of thiazole rings is 1. The Kier molecular flexibility index (Phi) is 12.7. The van der Waals surface area contributed by atoms with Crippen molar-refractivity contribution < 1.29 is 24.3 Å². The summed E-state index contributed by atoms with van der Waals surface area (Å²) in [7, 11) is 0. The van der Waals surface area contributed by atoms with E-state index in [1.54, 1.807) is 11.3 Å². The number of hydrogen-bond donors (Lipinski definition) is 4. The van der Waals surface area contributed by atoms with Gasteiger partial charge in [0, 0.05) is 38.9 Å². The van der Waals surface area contributed by atoms with Gasteiger partial charge in [0.25, 0.3) is 0 Å². The van der Waals surface area contributed by atoms with Gasteiger partial charge in [-0.25, -0.2) is 4.98 Å². The van der Waals surface area contributed by atoms with Crippen LogP contribution < -0.4 is 16.0 Å². The number of aliphatic hydroxyl groups excluding tert-OH is 1. The van der Waals surface area contributed by atoms with E-state index in [1.807, 2.05) is 64.4 Å². The maximum atomic E-state index is 13.7. The lowest BCUT2D eigenvalue weighted by atomic mass is 9.85. The average molecular weight is 614 g/mol. The quantitative estimate of drug-likeness (QED) is 0.240. The van der Waals surface area contributed by atoms with Gasteiger partial charge in [-0.05, 0) is 42.7 Å². The molecule has 1 aromatic carbocycles. The monoisotopic (exact) mass is 613 g/mol. The molecule has 3 atom stereocenters. The molecule has 1 fully saturated rings. The number of nitrogens with zero attached hydrogens (tertiary/aromatic N) is 2. The molecule has 4 amide bonds. The molecule has 1 aliphatic heterocycles. The van der Waals surface area contributed by atoms with E-state index in [0.29, 0.717) is 19.4 Å². The molecule has 1 saturated heterocycles. The number of nitrogens with one attached hydrogen (secondary N) is 3. The van der Waals surface area contributed by atoms with Crippen LogP contribution in [-0.4, -0.2) is 69.9 Å². The summed E-state index contributed by atoms with van der Waals surface area (Å²) in [4.78, 5) is 58.2. The van der Waals surface area contributed by atoms with Crippen molar-refractivity contribution >= 4 is 35.0 Å². The fourth-order valence-electron chi connectivity index (χ4n) is 5.14. The highest BCUT2D eigenvalue weighted by molar-refractivity contribution is 7.13. The summed E-state index contributed by atoms with van der Waals surface area (Å²) in [6.07, 6.45) is 3.10. The molecule has 0 bridgehead atoms. The van der Waals surface area contributed by atoms with Crippen LogP contribution in [0.1, 0.15) is 83.9 Å². The molecule has 43 heavy (non-hydrogen) atoms. The standard InChI is InChI=1S/C32H47N5O5S/c1-6-10-26(39)33-16-9-7-8-11-27(40)36-29(32(3,4)5)31(42)37-19-24(38)17-25(37)30(41)34-18-22-12-14-23(15-13-22)28-21(2)35-20-43-28/h12-15,20,24-25,29,38H,6-11,16-19H2,1-5H3,(H,33,39)(H,34,41)(H,36,40). The highest BCUT2D eigenvalue weighted by atomic mass is 32.1. The van der Waals surface area contributed by atoms with Gasteiger partial charge in [-0.1, -0.05) is 58.4 Å². The van der Waals surface area contributed by atoms with Crippen LogP contribution in [0.2, 0.25) is 0 Å². The number of aliphatic hydroxyl groups is 1. The van der Waals surface area contributed by atoms with Crippen molar-refractivity contribution in [1.82, 2.24) is 25.8 Å². The number of benzene rings is 1. The van der Waals surface area contributed by atoms with Gasteiger partial charge in [0.05, 0.1) is 22.2 Å². The van der Waals surface area contributed by atoms with E-state index in [2.05, 4.69) is 20.9 Å². The van der Waals surface area contributed by atoms with Crippen LogP contribution in [0, 0.1) is 12.3 Å². The molecule has 10 nitrogen and oxygen atoms in total. The summed E-state index contributed by atoms with van der Waals surface area (Å²) in [5.41, 5.74) is 4.17. The first kappa shape index (κ1) is 34.2. The summed E-state index contributed by atoms with van der Waals surface area (Å²) >= 11 is 1.58. The van der Waals surface area contributed by atoms with Crippen molar-refractivity contribution in [3.63, 3.8) is 0 Å². The number of hydrogen-bond acceptors (Lipinski definition) is 7. The summed E-state index contributed by atoms with van der Waals surface area (Å²) in [5, 5.41) is 19.1. The zero-order chi connectivity index (χ0) is 31.6. The normalized spacial score (nSPS) is 17.4. The maximum Gasteiger partial charge on any atom is 0.246 e. The van der Waals surface area contributed by atoms with Gasteiger partial charge in [0.1, 0.15) is 12.1 Å². The van der Waals surface area contributed by atoms with E-state index >= 15 is 0 Å². The van der Waals surface area contributed by atoms with Crippen LogP contribution in [0.4, 0.5) is 0 Å². The van der Waals surface area contributed by atoms with Crippen LogP contribution >= 0.6 is 11.3 Å². The zero-order valence-corrected chi connectivity index (χ0v) is 26.9. The third kappa shape index (κ3) is 10.1. The molecule has 1 aromatic heterocycles. The third-order valence-corrected chi connectivity index (χ3v) is 8.57.